The van der Waals surface area contributed by atoms with Crippen LogP contribution >= 0.6 is 0 Å². The molecule has 0 heterocycles. The molecule has 0 saturated heterocycles. The van der Waals surface area contributed by atoms with Gasteiger partial charge in [-0.25, -0.2) is 0 Å². The highest BCUT2D eigenvalue weighted by Gasteiger charge is 2.43. The van der Waals surface area contributed by atoms with Gasteiger partial charge in [0.1, 0.15) is 11.5 Å². The van der Waals surface area contributed by atoms with Gasteiger partial charge >= 0.3 is 5.97 Å². The second-order valence-corrected chi connectivity index (χ2v) is 7.15. The van der Waals surface area contributed by atoms with Gasteiger partial charge in [0.05, 0.1) is 20.6 Å². The van der Waals surface area contributed by atoms with Crippen LogP contribution in [0.1, 0.15) is 68.1 Å². The van der Waals surface area contributed by atoms with E-state index in [0.29, 0.717) is 11.8 Å². The molecule has 1 aromatic rings. The van der Waals surface area contributed by atoms with Gasteiger partial charge in [-0.15, -0.1) is 0 Å². The zero-order valence-corrected chi connectivity index (χ0v) is 13.7. The fraction of sp³-hybridized carbons (Fsp3) is 0.611. The van der Waals surface area contributed by atoms with Crippen LogP contribution < -0.4 is 9.47 Å². The Labute approximate surface area is 131 Å². The van der Waals surface area contributed by atoms with Crippen molar-refractivity contribution in [2.45, 2.75) is 56.8 Å². The smallest absolute Gasteiger partial charge is 0.304 e. The Hall–Kier alpha value is -1.71. The van der Waals surface area contributed by atoms with Gasteiger partial charge in [0.15, 0.2) is 0 Å². The maximum atomic E-state index is 11.2. The maximum absolute atomic E-state index is 11.2. The van der Waals surface area contributed by atoms with Crippen molar-refractivity contribution in [3.05, 3.63) is 22.8 Å². The van der Waals surface area contributed by atoms with E-state index in [-0.39, 0.29) is 6.42 Å². The molecule has 0 aliphatic heterocycles. The van der Waals surface area contributed by atoms with Crippen molar-refractivity contribution in [3.63, 3.8) is 0 Å². The van der Waals surface area contributed by atoms with E-state index in [9.17, 15) is 9.90 Å². The fourth-order valence-electron chi connectivity index (χ4n) is 4.37. The number of hydrogen-bond donors (Lipinski definition) is 1. The summed E-state index contributed by atoms with van der Waals surface area (Å²) < 4.78 is 11.4. The first-order chi connectivity index (χ1) is 10.4. The van der Waals surface area contributed by atoms with Gasteiger partial charge in [0, 0.05) is 22.1 Å². The third-order valence-corrected chi connectivity index (χ3v) is 5.32. The number of hydrogen-bond acceptors (Lipinski definition) is 3. The summed E-state index contributed by atoms with van der Waals surface area (Å²) >= 11 is 0. The predicted octanol–water partition coefficient (Wildman–Crippen LogP) is 3.82. The highest BCUT2D eigenvalue weighted by Crippen LogP contribution is 2.60. The Bertz CT molecular complexity index is 618. The molecular formula is C18H24O4. The second kappa shape index (κ2) is 5.18. The third kappa shape index (κ3) is 2.16. The van der Waals surface area contributed by atoms with E-state index in [1.807, 2.05) is 19.9 Å². The van der Waals surface area contributed by atoms with Crippen LogP contribution in [0.2, 0.25) is 0 Å². The molecule has 0 spiro atoms. The maximum Gasteiger partial charge on any atom is 0.304 e. The Balaban J connectivity index is 2.20. The number of benzene rings is 1. The summed E-state index contributed by atoms with van der Waals surface area (Å²) in [6, 6.07) is 2.00. The lowest BCUT2D eigenvalue weighted by Crippen LogP contribution is -2.23. The molecule has 2 atom stereocenters. The first-order valence-electron chi connectivity index (χ1n) is 7.90. The lowest BCUT2D eigenvalue weighted by atomic mass is 9.77. The van der Waals surface area contributed by atoms with Gasteiger partial charge in [-0.3, -0.25) is 4.79 Å². The highest BCUT2D eigenvalue weighted by atomic mass is 16.5. The minimum atomic E-state index is -0.798. The largest absolute Gasteiger partial charge is 0.496 e. The summed E-state index contributed by atoms with van der Waals surface area (Å²) in [6.45, 7) is 3.91. The quantitative estimate of drug-likeness (QED) is 0.898. The Morgan fingerprint density at radius 1 is 1.23 bits per heavy atom. The van der Waals surface area contributed by atoms with E-state index in [1.165, 1.54) is 30.4 Å². The van der Waals surface area contributed by atoms with Gasteiger partial charge in [-0.1, -0.05) is 13.8 Å². The fourth-order valence-corrected chi connectivity index (χ4v) is 4.37. The van der Waals surface area contributed by atoms with Crippen molar-refractivity contribution >= 4 is 5.97 Å². The average Bonchev–Trinajstić information content (AvgIpc) is 3.05. The van der Waals surface area contributed by atoms with Crippen LogP contribution in [-0.2, 0) is 10.2 Å². The zero-order chi connectivity index (χ0) is 16.1. The van der Waals surface area contributed by atoms with E-state index >= 15 is 0 Å². The first kappa shape index (κ1) is 15.2. The molecule has 0 amide bonds. The van der Waals surface area contributed by atoms with Crippen LogP contribution in [0.5, 0.6) is 11.5 Å². The molecule has 3 rings (SSSR count). The molecule has 1 aromatic carbocycles. The standard InChI is InChI=1S/C18H24O4/c1-18(2,9-14(19)20)12-8-13(21-3)15-10-5-6-11(7-10)16(15)17(12)22-4/h8,10-11H,5-7,9H2,1-4H3,(H,19,20). The van der Waals surface area contributed by atoms with E-state index < -0.39 is 11.4 Å². The number of carboxylic acids is 1. The normalized spacial score (nSPS) is 22.5. The van der Waals surface area contributed by atoms with Crippen LogP contribution in [0.4, 0.5) is 0 Å². The van der Waals surface area contributed by atoms with Crippen LogP contribution in [0.3, 0.4) is 0 Å². The molecule has 1 saturated carbocycles. The zero-order valence-electron chi connectivity index (χ0n) is 13.7. The van der Waals surface area contributed by atoms with Gasteiger partial charge < -0.3 is 14.6 Å². The van der Waals surface area contributed by atoms with Crippen LogP contribution in [0.15, 0.2) is 6.07 Å². The Morgan fingerprint density at radius 3 is 2.41 bits per heavy atom. The van der Waals surface area contributed by atoms with Crippen molar-refractivity contribution in [2.75, 3.05) is 14.2 Å². The molecule has 4 heteroatoms. The topological polar surface area (TPSA) is 55.8 Å². The lowest BCUT2D eigenvalue weighted by Gasteiger charge is -2.30. The third-order valence-electron chi connectivity index (χ3n) is 5.32. The van der Waals surface area contributed by atoms with Crippen LogP contribution in [-0.4, -0.2) is 25.3 Å². The number of rotatable bonds is 5. The summed E-state index contributed by atoms with van der Waals surface area (Å²) in [7, 11) is 3.39. The minimum absolute atomic E-state index is 0.0688. The van der Waals surface area contributed by atoms with Gasteiger partial charge in [0.25, 0.3) is 0 Å². The molecule has 22 heavy (non-hydrogen) atoms. The molecular weight excluding hydrogens is 280 g/mol. The van der Waals surface area contributed by atoms with Crippen molar-refractivity contribution in [3.8, 4) is 11.5 Å². The van der Waals surface area contributed by atoms with Crippen molar-refractivity contribution in [1.82, 2.24) is 0 Å². The summed E-state index contributed by atoms with van der Waals surface area (Å²) in [4.78, 5) is 11.2. The predicted molar refractivity (Wildman–Crippen MR) is 84.2 cm³/mol. The van der Waals surface area contributed by atoms with E-state index in [2.05, 4.69) is 0 Å². The Kier molecular flexibility index (Phi) is 3.58. The van der Waals surface area contributed by atoms with E-state index in [0.717, 1.165) is 17.1 Å². The number of ether oxygens (including phenoxy) is 2. The van der Waals surface area contributed by atoms with E-state index in [4.69, 9.17) is 9.47 Å². The van der Waals surface area contributed by atoms with Crippen LogP contribution in [0, 0.1) is 0 Å². The number of carbonyl (C=O) groups is 1. The van der Waals surface area contributed by atoms with Crippen molar-refractivity contribution in [2.24, 2.45) is 0 Å². The Morgan fingerprint density at radius 2 is 1.86 bits per heavy atom. The van der Waals surface area contributed by atoms with Gasteiger partial charge in [-0.2, -0.15) is 0 Å². The monoisotopic (exact) mass is 304 g/mol. The summed E-state index contributed by atoms with van der Waals surface area (Å²) in [5.74, 6) is 2.09. The SMILES string of the molecule is COc1cc(C(C)(C)CC(=O)O)c(OC)c2c1C1CCC2C1. The molecule has 0 aromatic heterocycles. The van der Waals surface area contributed by atoms with E-state index in [1.54, 1.807) is 14.2 Å². The molecule has 2 unspecified atom stereocenters. The number of aliphatic carboxylic acids is 1. The molecule has 4 nitrogen and oxygen atoms in total. The van der Waals surface area contributed by atoms with Crippen molar-refractivity contribution < 1.29 is 19.4 Å². The van der Waals surface area contributed by atoms with Crippen LogP contribution in [0.25, 0.3) is 0 Å². The molecule has 1 N–H and O–H groups in total. The molecule has 120 valence electrons. The average molecular weight is 304 g/mol. The second-order valence-electron chi connectivity index (χ2n) is 7.15. The summed E-state index contributed by atoms with van der Waals surface area (Å²) in [6.07, 6.45) is 3.65. The minimum Gasteiger partial charge on any atom is -0.496 e. The molecule has 2 bridgehead atoms. The van der Waals surface area contributed by atoms with Crippen molar-refractivity contribution in [1.29, 1.82) is 0 Å². The number of carboxylic acid groups (broad SMARTS) is 1. The van der Waals surface area contributed by atoms with Gasteiger partial charge in [0.2, 0.25) is 0 Å². The molecule has 1 fully saturated rings. The van der Waals surface area contributed by atoms with Gasteiger partial charge in [-0.05, 0) is 37.2 Å². The molecule has 2 aliphatic carbocycles. The molecule has 2 aliphatic rings. The number of fused-ring (bicyclic) bond motifs is 5. The summed E-state index contributed by atoms with van der Waals surface area (Å²) in [5, 5.41) is 9.23. The number of methoxy groups -OCH3 is 2. The highest BCUT2D eigenvalue weighted by molar-refractivity contribution is 5.70. The first-order valence-corrected chi connectivity index (χ1v) is 7.90. The summed E-state index contributed by atoms with van der Waals surface area (Å²) in [5.41, 5.74) is 3.01. The molecule has 0 radical (unpaired) electrons. The lowest BCUT2D eigenvalue weighted by molar-refractivity contribution is -0.138.